The van der Waals surface area contributed by atoms with Crippen LogP contribution < -0.4 is 10.2 Å². The van der Waals surface area contributed by atoms with Gasteiger partial charge in [0.05, 0.1) is 16.2 Å². The van der Waals surface area contributed by atoms with Gasteiger partial charge in [-0.1, -0.05) is 53.0 Å². The van der Waals surface area contributed by atoms with Crippen LogP contribution in [0, 0.1) is 10.1 Å². The maximum Gasteiger partial charge on any atom is 0.270 e. The first-order valence-corrected chi connectivity index (χ1v) is 11.6. The maximum absolute atomic E-state index is 12.3. The van der Waals surface area contributed by atoms with Crippen LogP contribution in [0.15, 0.2) is 65.8 Å². The Labute approximate surface area is 224 Å². The molecule has 0 aliphatic carbocycles. The molecule has 0 bridgehead atoms. The van der Waals surface area contributed by atoms with Crippen LogP contribution in [0.3, 0.4) is 0 Å². The van der Waals surface area contributed by atoms with Crippen LogP contribution in [0.1, 0.15) is 11.1 Å². The molecule has 4 rings (SSSR count). The number of amides is 1. The first-order valence-electron chi connectivity index (χ1n) is 10.5. The number of rotatable bonds is 9. The lowest BCUT2D eigenvalue weighted by molar-refractivity contribution is -0.384. The second kappa shape index (κ2) is 11.8. The molecule has 188 valence electrons. The number of hydrazone groups is 1. The van der Waals surface area contributed by atoms with E-state index < -0.39 is 10.8 Å². The lowest BCUT2D eigenvalue weighted by Crippen LogP contribution is -2.24. The second-order valence-electron chi connectivity index (χ2n) is 7.42. The van der Waals surface area contributed by atoms with Crippen molar-refractivity contribution in [3.8, 4) is 17.1 Å². The minimum Gasteiger partial charge on any atom is -0.488 e. The fourth-order valence-electron chi connectivity index (χ4n) is 3.07. The number of nitrogens with zero attached hydrogens (tertiary/aromatic N) is 6. The largest absolute Gasteiger partial charge is 0.488 e. The molecule has 1 aromatic heterocycles. The van der Waals surface area contributed by atoms with Crippen molar-refractivity contribution in [1.29, 1.82) is 0 Å². The van der Waals surface area contributed by atoms with E-state index >= 15 is 0 Å². The van der Waals surface area contributed by atoms with E-state index in [1.54, 1.807) is 42.5 Å². The summed E-state index contributed by atoms with van der Waals surface area (Å²) in [4.78, 5) is 24.1. The molecular formula is C23H16Cl3N7O4. The molecule has 11 nitrogen and oxygen atoms in total. The molecule has 0 unspecified atom stereocenters. The number of aromatic nitrogens is 4. The lowest BCUT2D eigenvalue weighted by Gasteiger charge is -2.10. The molecule has 0 fully saturated rings. The van der Waals surface area contributed by atoms with E-state index in [2.05, 4.69) is 25.9 Å². The number of hydrogen-bond donors (Lipinski definition) is 1. The molecule has 0 aliphatic heterocycles. The molecule has 37 heavy (non-hydrogen) atoms. The number of nitrogens with one attached hydrogen (secondary N) is 1. The highest BCUT2D eigenvalue weighted by atomic mass is 35.5. The summed E-state index contributed by atoms with van der Waals surface area (Å²) in [5.41, 5.74) is 3.65. The van der Waals surface area contributed by atoms with Crippen molar-refractivity contribution >= 4 is 52.6 Å². The molecule has 4 aromatic rings. The summed E-state index contributed by atoms with van der Waals surface area (Å²) in [5, 5.41) is 28.3. The van der Waals surface area contributed by atoms with Gasteiger partial charge in [0.25, 0.3) is 11.6 Å². The number of ether oxygens (including phenoxy) is 1. The Kier molecular flexibility index (Phi) is 8.29. The van der Waals surface area contributed by atoms with Crippen LogP contribution in [0.5, 0.6) is 5.75 Å². The van der Waals surface area contributed by atoms with Crippen molar-refractivity contribution in [2.24, 2.45) is 5.10 Å². The smallest absolute Gasteiger partial charge is 0.270 e. The number of benzene rings is 3. The molecular weight excluding hydrogens is 545 g/mol. The van der Waals surface area contributed by atoms with Gasteiger partial charge in [-0.3, -0.25) is 14.9 Å². The predicted octanol–water partition coefficient (Wildman–Crippen LogP) is 4.94. The van der Waals surface area contributed by atoms with Crippen LogP contribution in [-0.4, -0.2) is 37.3 Å². The molecule has 0 saturated heterocycles. The molecule has 0 aliphatic rings. The number of non-ortho nitro benzene ring substituents is 1. The van der Waals surface area contributed by atoms with E-state index in [0.29, 0.717) is 26.2 Å². The molecule has 1 heterocycles. The standard InChI is InChI=1S/C23H16Cl3N7O4/c24-16-6-5-14(20(26)10-16)13-37-21-8-7-17(33(35)36)9-15(21)11-27-28-22(34)12-32-30-23(29-31-32)18-3-1-2-4-19(18)25/h1-11H,12-13H2,(H,28,34)/b27-11-. The third kappa shape index (κ3) is 6.79. The van der Waals surface area contributed by atoms with Crippen molar-refractivity contribution in [3.05, 3.63) is 97.0 Å². The Morgan fingerprint density at radius 3 is 2.68 bits per heavy atom. The summed E-state index contributed by atoms with van der Waals surface area (Å²) >= 11 is 18.2. The minimum atomic E-state index is -0.555. The van der Waals surface area contributed by atoms with Crippen molar-refractivity contribution in [2.45, 2.75) is 13.2 Å². The molecule has 14 heteroatoms. The summed E-state index contributed by atoms with van der Waals surface area (Å²) in [6, 6.07) is 15.9. The van der Waals surface area contributed by atoms with E-state index in [9.17, 15) is 14.9 Å². The average Bonchev–Trinajstić information content (AvgIpc) is 3.32. The van der Waals surface area contributed by atoms with E-state index in [-0.39, 0.29) is 36.0 Å². The highest BCUT2D eigenvalue weighted by Gasteiger charge is 2.13. The summed E-state index contributed by atoms with van der Waals surface area (Å²) in [5.74, 6) is -0.00165. The lowest BCUT2D eigenvalue weighted by atomic mass is 10.2. The number of halogens is 3. The zero-order valence-electron chi connectivity index (χ0n) is 18.7. The van der Waals surface area contributed by atoms with Gasteiger partial charge in [-0.05, 0) is 35.5 Å². The Hall–Kier alpha value is -4.06. The summed E-state index contributed by atoms with van der Waals surface area (Å²) in [6.45, 7) is -0.200. The number of tetrazole rings is 1. The highest BCUT2D eigenvalue weighted by Crippen LogP contribution is 2.27. The van der Waals surface area contributed by atoms with Gasteiger partial charge in [-0.25, -0.2) is 5.43 Å². The minimum absolute atomic E-state index is 0.0761. The monoisotopic (exact) mass is 559 g/mol. The van der Waals surface area contributed by atoms with Crippen molar-refractivity contribution in [3.63, 3.8) is 0 Å². The van der Waals surface area contributed by atoms with Crippen molar-refractivity contribution < 1.29 is 14.5 Å². The van der Waals surface area contributed by atoms with Gasteiger partial charge in [0.1, 0.15) is 18.9 Å². The van der Waals surface area contributed by atoms with Crippen LogP contribution >= 0.6 is 34.8 Å². The molecule has 3 aromatic carbocycles. The fourth-order valence-corrected chi connectivity index (χ4v) is 3.76. The van der Waals surface area contributed by atoms with Crippen LogP contribution in [0.2, 0.25) is 15.1 Å². The third-order valence-corrected chi connectivity index (χ3v) is 5.76. The van der Waals surface area contributed by atoms with Crippen LogP contribution in [0.25, 0.3) is 11.4 Å². The van der Waals surface area contributed by atoms with Crippen molar-refractivity contribution in [2.75, 3.05) is 0 Å². The highest BCUT2D eigenvalue weighted by molar-refractivity contribution is 6.35. The Bertz CT molecular complexity index is 1490. The fraction of sp³-hybridized carbons (Fsp3) is 0.0870. The molecule has 0 atom stereocenters. The van der Waals surface area contributed by atoms with Gasteiger partial charge in [0, 0.05) is 38.9 Å². The molecule has 0 spiro atoms. The second-order valence-corrected chi connectivity index (χ2v) is 8.67. The van der Waals surface area contributed by atoms with Crippen molar-refractivity contribution in [1.82, 2.24) is 25.6 Å². The first kappa shape index (κ1) is 26.0. The Morgan fingerprint density at radius 2 is 1.92 bits per heavy atom. The van der Waals surface area contributed by atoms with E-state index in [4.69, 9.17) is 39.5 Å². The topological polar surface area (TPSA) is 137 Å². The van der Waals surface area contributed by atoms with E-state index in [1.165, 1.54) is 24.4 Å². The van der Waals surface area contributed by atoms with Gasteiger partial charge in [-0.15, -0.1) is 10.2 Å². The zero-order valence-corrected chi connectivity index (χ0v) is 21.0. The SMILES string of the molecule is O=C(Cn1nnc(-c2ccccc2Cl)n1)N/N=C\c1cc([N+](=O)[O-])ccc1OCc1ccc(Cl)cc1Cl. The molecule has 0 saturated carbocycles. The van der Waals surface area contributed by atoms with Gasteiger partial charge >= 0.3 is 0 Å². The summed E-state index contributed by atoms with van der Waals surface area (Å²) in [6.07, 6.45) is 1.23. The maximum atomic E-state index is 12.3. The molecule has 1 N–H and O–H groups in total. The van der Waals surface area contributed by atoms with E-state index in [0.717, 1.165) is 4.80 Å². The number of carbonyl (C=O) groups is 1. The van der Waals surface area contributed by atoms with Gasteiger partial charge in [-0.2, -0.15) is 9.90 Å². The summed E-state index contributed by atoms with van der Waals surface area (Å²) in [7, 11) is 0. The number of nitro benzene ring substituents is 1. The quantitative estimate of drug-likeness (QED) is 0.174. The van der Waals surface area contributed by atoms with Gasteiger partial charge in [0.2, 0.25) is 5.82 Å². The normalized spacial score (nSPS) is 11.0. The van der Waals surface area contributed by atoms with E-state index in [1.807, 2.05) is 0 Å². The molecule has 1 amide bonds. The predicted molar refractivity (Wildman–Crippen MR) is 138 cm³/mol. The van der Waals surface area contributed by atoms with Gasteiger partial charge < -0.3 is 4.74 Å². The Balaban J connectivity index is 1.43. The third-order valence-electron chi connectivity index (χ3n) is 4.85. The first-order chi connectivity index (χ1) is 17.8. The van der Waals surface area contributed by atoms with Gasteiger partial charge in [0.15, 0.2) is 0 Å². The zero-order chi connectivity index (χ0) is 26.4. The van der Waals surface area contributed by atoms with Crippen LogP contribution in [0.4, 0.5) is 5.69 Å². The number of nitro groups is 1. The average molecular weight is 561 g/mol. The van der Waals surface area contributed by atoms with Crippen LogP contribution in [-0.2, 0) is 17.9 Å². The summed E-state index contributed by atoms with van der Waals surface area (Å²) < 4.78 is 5.79. The number of carbonyl (C=O) groups excluding carboxylic acids is 1. The number of hydrogen-bond acceptors (Lipinski definition) is 8. The molecule has 0 radical (unpaired) electrons. The Morgan fingerprint density at radius 1 is 1.11 bits per heavy atom.